The first-order chi connectivity index (χ1) is 8.47. The predicted molar refractivity (Wildman–Crippen MR) is 66.3 cm³/mol. The number of nitrogens with two attached hydrogens (primary N) is 1. The Morgan fingerprint density at radius 2 is 2.00 bits per heavy atom. The molecule has 0 atom stereocenters. The number of primary sulfonamides is 1. The van der Waals surface area contributed by atoms with Gasteiger partial charge in [-0.3, -0.25) is 5.10 Å². The van der Waals surface area contributed by atoms with Crippen LogP contribution in [0.5, 0.6) is 0 Å². The molecule has 0 saturated carbocycles. The largest absolute Gasteiger partial charge is 0.282 e. The van der Waals surface area contributed by atoms with E-state index in [9.17, 15) is 8.42 Å². The van der Waals surface area contributed by atoms with Gasteiger partial charge in [0.25, 0.3) is 15.2 Å². The molecular formula is C11H14N4O2S. The number of nitrogens with one attached hydrogen (secondary N) is 1. The average Bonchev–Trinajstić information content (AvgIpc) is 2.76. The van der Waals surface area contributed by atoms with Crippen molar-refractivity contribution in [2.45, 2.75) is 24.9 Å². The van der Waals surface area contributed by atoms with Gasteiger partial charge in [-0.25, -0.2) is 18.5 Å². The van der Waals surface area contributed by atoms with Crippen molar-refractivity contribution in [3.63, 3.8) is 0 Å². The monoisotopic (exact) mass is 266 g/mol. The van der Waals surface area contributed by atoms with Crippen LogP contribution in [0.3, 0.4) is 0 Å². The molecule has 0 spiro atoms. The summed E-state index contributed by atoms with van der Waals surface area (Å²) in [4.78, 5) is 3.85. The highest BCUT2D eigenvalue weighted by Crippen LogP contribution is 2.10. The molecule has 0 saturated heterocycles. The van der Waals surface area contributed by atoms with Crippen molar-refractivity contribution in [1.82, 2.24) is 15.2 Å². The van der Waals surface area contributed by atoms with Gasteiger partial charge < -0.3 is 0 Å². The van der Waals surface area contributed by atoms with E-state index in [1.54, 1.807) is 0 Å². The van der Waals surface area contributed by atoms with E-state index in [4.69, 9.17) is 5.14 Å². The molecule has 0 aliphatic carbocycles. The van der Waals surface area contributed by atoms with E-state index in [0.717, 1.165) is 6.42 Å². The number of benzene rings is 1. The van der Waals surface area contributed by atoms with Gasteiger partial charge in [0.2, 0.25) is 0 Å². The fourth-order valence-corrected chi connectivity index (χ4v) is 2.07. The molecule has 1 aromatic heterocycles. The molecule has 2 rings (SSSR count). The van der Waals surface area contributed by atoms with Crippen LogP contribution in [0.25, 0.3) is 0 Å². The Morgan fingerprint density at radius 3 is 2.61 bits per heavy atom. The topological polar surface area (TPSA) is 102 Å². The number of aromatic amines is 1. The van der Waals surface area contributed by atoms with Gasteiger partial charge in [0.15, 0.2) is 0 Å². The van der Waals surface area contributed by atoms with Crippen LogP contribution in [0.1, 0.15) is 17.0 Å². The lowest BCUT2D eigenvalue weighted by molar-refractivity contribution is 0.589. The van der Waals surface area contributed by atoms with Gasteiger partial charge in [-0.05, 0) is 24.5 Å². The molecule has 7 heteroatoms. The summed E-state index contributed by atoms with van der Waals surface area (Å²) in [6.07, 6.45) is 1.36. The van der Waals surface area contributed by atoms with Gasteiger partial charge in [0.1, 0.15) is 5.82 Å². The normalized spacial score (nSPS) is 11.7. The third-order valence-corrected chi connectivity index (χ3v) is 3.35. The van der Waals surface area contributed by atoms with Crippen molar-refractivity contribution in [1.29, 1.82) is 0 Å². The molecule has 3 N–H and O–H groups in total. The lowest BCUT2D eigenvalue weighted by Crippen LogP contribution is -2.14. The van der Waals surface area contributed by atoms with Gasteiger partial charge >= 0.3 is 0 Å². The average molecular weight is 266 g/mol. The second-order valence-electron chi connectivity index (χ2n) is 4.04. The highest BCUT2D eigenvalue weighted by molar-refractivity contribution is 7.89. The molecule has 2 aromatic rings. The number of nitrogens with zero attached hydrogens (tertiary/aromatic N) is 2. The lowest BCUT2D eigenvalue weighted by atomic mass is 10.0. The van der Waals surface area contributed by atoms with Gasteiger partial charge in [-0.1, -0.05) is 24.3 Å². The van der Waals surface area contributed by atoms with Gasteiger partial charge in [0.05, 0.1) is 0 Å². The van der Waals surface area contributed by atoms with Crippen molar-refractivity contribution in [3.8, 4) is 0 Å². The number of hydrogen-bond donors (Lipinski definition) is 2. The Kier molecular flexibility index (Phi) is 3.44. The van der Waals surface area contributed by atoms with E-state index in [2.05, 4.69) is 15.2 Å². The Hall–Kier alpha value is -1.73. The summed E-state index contributed by atoms with van der Waals surface area (Å²) in [6.45, 7) is 2.03. The SMILES string of the molecule is Cc1ccccc1CCc1nc(S(N)(=O)=O)n[nH]1. The summed E-state index contributed by atoms with van der Waals surface area (Å²) in [5, 5.41) is 10.7. The number of sulfonamides is 1. The third-order valence-electron chi connectivity index (χ3n) is 2.66. The molecule has 1 aromatic carbocycles. The van der Waals surface area contributed by atoms with E-state index in [1.807, 2.05) is 31.2 Å². The van der Waals surface area contributed by atoms with Crippen LogP contribution in [0.2, 0.25) is 0 Å². The summed E-state index contributed by atoms with van der Waals surface area (Å²) in [5.41, 5.74) is 2.40. The maximum atomic E-state index is 11.0. The van der Waals surface area contributed by atoms with Crippen molar-refractivity contribution >= 4 is 10.0 Å². The van der Waals surface area contributed by atoms with Crippen LogP contribution < -0.4 is 5.14 Å². The molecule has 0 unspecified atom stereocenters. The molecular weight excluding hydrogens is 252 g/mol. The highest BCUT2D eigenvalue weighted by Gasteiger charge is 2.14. The zero-order valence-electron chi connectivity index (χ0n) is 9.92. The smallest absolute Gasteiger partial charge is 0.262 e. The quantitative estimate of drug-likeness (QED) is 0.843. The number of aromatic nitrogens is 3. The number of aryl methyl sites for hydroxylation is 3. The molecule has 0 fully saturated rings. The van der Waals surface area contributed by atoms with Crippen molar-refractivity contribution in [2.75, 3.05) is 0 Å². The number of hydrogen-bond acceptors (Lipinski definition) is 4. The van der Waals surface area contributed by atoms with Crippen LogP contribution >= 0.6 is 0 Å². The summed E-state index contributed by atoms with van der Waals surface area (Å²) >= 11 is 0. The maximum Gasteiger partial charge on any atom is 0.282 e. The van der Waals surface area contributed by atoms with E-state index in [0.29, 0.717) is 12.2 Å². The lowest BCUT2D eigenvalue weighted by Gasteiger charge is -2.02. The van der Waals surface area contributed by atoms with Crippen molar-refractivity contribution < 1.29 is 8.42 Å². The molecule has 0 aliphatic rings. The minimum Gasteiger partial charge on any atom is -0.262 e. The summed E-state index contributed by atoms with van der Waals surface area (Å²) in [7, 11) is -3.83. The minimum atomic E-state index is -3.83. The number of rotatable bonds is 4. The maximum absolute atomic E-state index is 11.0. The molecule has 96 valence electrons. The third kappa shape index (κ3) is 2.93. The molecule has 18 heavy (non-hydrogen) atoms. The van der Waals surface area contributed by atoms with Gasteiger partial charge in [-0.15, -0.1) is 5.10 Å². The zero-order valence-corrected chi connectivity index (χ0v) is 10.7. The Bertz CT molecular complexity index is 649. The molecule has 0 amide bonds. The van der Waals surface area contributed by atoms with Crippen LogP contribution in [0.4, 0.5) is 0 Å². The molecule has 0 radical (unpaired) electrons. The first-order valence-electron chi connectivity index (χ1n) is 5.45. The van der Waals surface area contributed by atoms with Crippen LogP contribution in [0.15, 0.2) is 29.4 Å². The van der Waals surface area contributed by atoms with E-state index in [1.165, 1.54) is 11.1 Å². The molecule has 6 nitrogen and oxygen atoms in total. The summed E-state index contributed by atoms with van der Waals surface area (Å²) in [6, 6.07) is 8.02. The predicted octanol–water partition coefficient (Wildman–Crippen LogP) is 0.546. The van der Waals surface area contributed by atoms with Crippen LogP contribution in [-0.2, 0) is 22.9 Å². The van der Waals surface area contributed by atoms with Crippen molar-refractivity contribution in [2.24, 2.45) is 5.14 Å². The second-order valence-corrected chi connectivity index (χ2v) is 5.49. The Balaban J connectivity index is 2.08. The van der Waals surface area contributed by atoms with Crippen LogP contribution in [0, 0.1) is 6.92 Å². The van der Waals surface area contributed by atoms with E-state index >= 15 is 0 Å². The van der Waals surface area contributed by atoms with Gasteiger partial charge in [-0.2, -0.15) is 0 Å². The van der Waals surface area contributed by atoms with E-state index < -0.39 is 10.0 Å². The summed E-state index contributed by atoms with van der Waals surface area (Å²) < 4.78 is 22.0. The molecule has 0 aliphatic heterocycles. The Labute approximate surface area is 105 Å². The number of H-pyrrole nitrogens is 1. The summed E-state index contributed by atoms with van der Waals surface area (Å²) in [5.74, 6) is 0.516. The van der Waals surface area contributed by atoms with Gasteiger partial charge in [0, 0.05) is 6.42 Å². The first-order valence-corrected chi connectivity index (χ1v) is 7.00. The van der Waals surface area contributed by atoms with Crippen LogP contribution in [-0.4, -0.2) is 23.6 Å². The highest BCUT2D eigenvalue weighted by atomic mass is 32.2. The molecule has 0 bridgehead atoms. The standard InChI is InChI=1S/C11H14N4O2S/c1-8-4-2-3-5-9(8)6-7-10-13-11(15-14-10)18(12,16)17/h2-5H,6-7H2,1H3,(H2,12,16,17)(H,13,14,15). The van der Waals surface area contributed by atoms with Crippen molar-refractivity contribution in [3.05, 3.63) is 41.2 Å². The first kappa shape index (κ1) is 12.7. The van der Waals surface area contributed by atoms with E-state index in [-0.39, 0.29) is 5.16 Å². The fourth-order valence-electron chi connectivity index (χ4n) is 1.66. The molecule has 1 heterocycles. The Morgan fingerprint density at radius 1 is 1.28 bits per heavy atom. The minimum absolute atomic E-state index is 0.359. The second kappa shape index (κ2) is 4.87. The zero-order chi connectivity index (χ0) is 13.2. The fraction of sp³-hybridized carbons (Fsp3) is 0.273.